The fraction of sp³-hybridized carbons (Fsp3) is 0.462. The van der Waals surface area contributed by atoms with Crippen molar-refractivity contribution in [2.45, 2.75) is 19.4 Å². The SMILES string of the molecule is CC(CCCl)NC(=O)c1cccc2c1OCCO2. The predicted molar refractivity (Wildman–Crippen MR) is 69.7 cm³/mol. The third-order valence-corrected chi connectivity index (χ3v) is 2.95. The number of carbonyl (C=O) groups is 1. The molecular formula is C13H16ClNO3. The second kappa shape index (κ2) is 5.96. The molecule has 0 saturated carbocycles. The molecule has 1 aromatic rings. The van der Waals surface area contributed by atoms with E-state index in [0.717, 1.165) is 6.42 Å². The normalized spacial score (nSPS) is 15.0. The first-order chi connectivity index (χ1) is 8.72. The Morgan fingerprint density at radius 3 is 3.00 bits per heavy atom. The zero-order valence-corrected chi connectivity index (χ0v) is 11.0. The van der Waals surface area contributed by atoms with Crippen molar-refractivity contribution in [2.75, 3.05) is 19.1 Å². The maximum atomic E-state index is 12.1. The Morgan fingerprint density at radius 1 is 1.44 bits per heavy atom. The molecule has 1 atom stereocenters. The maximum Gasteiger partial charge on any atom is 0.255 e. The van der Waals surface area contributed by atoms with Gasteiger partial charge in [0.05, 0.1) is 5.56 Å². The third-order valence-electron chi connectivity index (χ3n) is 2.73. The van der Waals surface area contributed by atoms with Crippen molar-refractivity contribution in [1.82, 2.24) is 5.32 Å². The van der Waals surface area contributed by atoms with Gasteiger partial charge in [-0.25, -0.2) is 0 Å². The number of nitrogens with one attached hydrogen (secondary N) is 1. The van der Waals surface area contributed by atoms with Gasteiger partial charge in [0.25, 0.3) is 5.91 Å². The summed E-state index contributed by atoms with van der Waals surface area (Å²) >= 11 is 5.65. The summed E-state index contributed by atoms with van der Waals surface area (Å²) in [5.41, 5.74) is 0.508. The van der Waals surface area contributed by atoms with Gasteiger partial charge < -0.3 is 14.8 Å². The van der Waals surface area contributed by atoms with E-state index in [1.165, 1.54) is 0 Å². The number of halogens is 1. The number of carbonyl (C=O) groups excluding carboxylic acids is 1. The van der Waals surface area contributed by atoms with Gasteiger partial charge in [0.15, 0.2) is 11.5 Å². The van der Waals surface area contributed by atoms with Gasteiger partial charge in [-0.15, -0.1) is 11.6 Å². The Bertz CT molecular complexity index is 436. The van der Waals surface area contributed by atoms with Crippen LogP contribution in [0, 0.1) is 0 Å². The first kappa shape index (κ1) is 13.0. The highest BCUT2D eigenvalue weighted by Gasteiger charge is 2.20. The summed E-state index contributed by atoms with van der Waals surface area (Å²) in [6.07, 6.45) is 0.736. The molecule has 0 saturated heterocycles. The van der Waals surface area contributed by atoms with Gasteiger partial charge in [-0.05, 0) is 25.5 Å². The third kappa shape index (κ3) is 2.88. The summed E-state index contributed by atoms with van der Waals surface area (Å²) in [5.74, 6) is 1.52. The molecule has 1 amide bonds. The van der Waals surface area contributed by atoms with Gasteiger partial charge in [0, 0.05) is 11.9 Å². The van der Waals surface area contributed by atoms with E-state index in [4.69, 9.17) is 21.1 Å². The summed E-state index contributed by atoms with van der Waals surface area (Å²) in [7, 11) is 0. The summed E-state index contributed by atoms with van der Waals surface area (Å²) in [6, 6.07) is 5.36. The van der Waals surface area contributed by atoms with Crippen LogP contribution in [0.5, 0.6) is 11.5 Å². The fourth-order valence-corrected chi connectivity index (χ4v) is 2.12. The number of rotatable bonds is 4. The van der Waals surface area contributed by atoms with Crippen molar-refractivity contribution in [1.29, 1.82) is 0 Å². The van der Waals surface area contributed by atoms with E-state index in [2.05, 4.69) is 5.32 Å². The van der Waals surface area contributed by atoms with Crippen LogP contribution in [0.1, 0.15) is 23.7 Å². The molecular weight excluding hydrogens is 254 g/mol. The monoisotopic (exact) mass is 269 g/mol. The first-order valence-corrected chi connectivity index (χ1v) is 6.51. The molecule has 5 heteroatoms. The number of alkyl halides is 1. The molecule has 1 N–H and O–H groups in total. The Hall–Kier alpha value is -1.42. The fourth-order valence-electron chi connectivity index (χ4n) is 1.79. The second-order valence-electron chi connectivity index (χ2n) is 4.18. The maximum absolute atomic E-state index is 12.1. The van der Waals surface area contributed by atoms with Crippen molar-refractivity contribution >= 4 is 17.5 Å². The van der Waals surface area contributed by atoms with Gasteiger partial charge in [-0.2, -0.15) is 0 Å². The van der Waals surface area contributed by atoms with Crippen LogP contribution >= 0.6 is 11.6 Å². The number of fused-ring (bicyclic) bond motifs is 1. The number of para-hydroxylation sites is 1. The lowest BCUT2D eigenvalue weighted by Crippen LogP contribution is -2.33. The lowest BCUT2D eigenvalue weighted by Gasteiger charge is -2.21. The molecule has 1 aromatic carbocycles. The number of hydrogen-bond donors (Lipinski definition) is 1. The average molecular weight is 270 g/mol. The van der Waals surface area contributed by atoms with Crippen LogP contribution < -0.4 is 14.8 Å². The van der Waals surface area contributed by atoms with Gasteiger partial charge in [0.1, 0.15) is 13.2 Å². The summed E-state index contributed by atoms with van der Waals surface area (Å²) < 4.78 is 10.9. The molecule has 0 radical (unpaired) electrons. The first-order valence-electron chi connectivity index (χ1n) is 5.98. The largest absolute Gasteiger partial charge is 0.486 e. The molecule has 1 unspecified atom stereocenters. The molecule has 0 spiro atoms. The van der Waals surface area contributed by atoms with Crippen molar-refractivity contribution in [3.8, 4) is 11.5 Å². The Kier molecular flexibility index (Phi) is 4.31. The van der Waals surface area contributed by atoms with Gasteiger partial charge in [-0.3, -0.25) is 4.79 Å². The summed E-state index contributed by atoms with van der Waals surface area (Å²) in [5, 5.41) is 2.89. The molecule has 0 aromatic heterocycles. The number of ether oxygens (including phenoxy) is 2. The van der Waals surface area contributed by atoms with E-state index >= 15 is 0 Å². The van der Waals surface area contributed by atoms with E-state index < -0.39 is 0 Å². The lowest BCUT2D eigenvalue weighted by atomic mass is 10.1. The second-order valence-corrected chi connectivity index (χ2v) is 4.56. The van der Waals surface area contributed by atoms with Crippen LogP contribution in [0.15, 0.2) is 18.2 Å². The van der Waals surface area contributed by atoms with Crippen LogP contribution in [0.4, 0.5) is 0 Å². The Labute approximate surface area is 111 Å². The van der Waals surface area contributed by atoms with Crippen LogP contribution in [0.3, 0.4) is 0 Å². The highest BCUT2D eigenvalue weighted by atomic mass is 35.5. The molecule has 0 aliphatic carbocycles. The molecule has 98 valence electrons. The van der Waals surface area contributed by atoms with Gasteiger partial charge >= 0.3 is 0 Å². The highest BCUT2D eigenvalue weighted by molar-refractivity contribution is 6.17. The van der Waals surface area contributed by atoms with Crippen LogP contribution in [0.2, 0.25) is 0 Å². The molecule has 1 aliphatic rings. The molecule has 0 bridgehead atoms. The lowest BCUT2D eigenvalue weighted by molar-refractivity contribution is 0.0928. The van der Waals surface area contributed by atoms with Crippen LogP contribution in [0.25, 0.3) is 0 Å². The van der Waals surface area contributed by atoms with Crippen LogP contribution in [-0.2, 0) is 0 Å². The quantitative estimate of drug-likeness (QED) is 0.853. The van der Waals surface area contributed by atoms with E-state index in [-0.39, 0.29) is 11.9 Å². The minimum absolute atomic E-state index is 0.0374. The summed E-state index contributed by atoms with van der Waals surface area (Å²) in [4.78, 5) is 12.1. The minimum atomic E-state index is -0.157. The standard InChI is InChI=1S/C13H16ClNO3/c1-9(5-6-14)15-13(16)10-3-2-4-11-12(10)18-8-7-17-11/h2-4,9H,5-8H2,1H3,(H,15,16). The van der Waals surface area contributed by atoms with Crippen molar-refractivity contribution in [2.24, 2.45) is 0 Å². The van der Waals surface area contributed by atoms with Crippen molar-refractivity contribution in [3.63, 3.8) is 0 Å². The highest BCUT2D eigenvalue weighted by Crippen LogP contribution is 2.33. The smallest absolute Gasteiger partial charge is 0.255 e. The van der Waals surface area contributed by atoms with E-state index in [1.54, 1.807) is 18.2 Å². The predicted octanol–water partition coefficient (Wildman–Crippen LogP) is 2.21. The summed E-state index contributed by atoms with van der Waals surface area (Å²) in [6.45, 7) is 2.91. The zero-order valence-electron chi connectivity index (χ0n) is 10.2. The number of amides is 1. The van der Waals surface area contributed by atoms with E-state index in [1.807, 2.05) is 6.92 Å². The van der Waals surface area contributed by atoms with Crippen molar-refractivity contribution in [3.05, 3.63) is 23.8 Å². The minimum Gasteiger partial charge on any atom is -0.486 e. The van der Waals surface area contributed by atoms with E-state index in [9.17, 15) is 4.79 Å². The topological polar surface area (TPSA) is 47.6 Å². The van der Waals surface area contributed by atoms with Crippen LogP contribution in [-0.4, -0.2) is 31.0 Å². The molecule has 1 heterocycles. The van der Waals surface area contributed by atoms with Gasteiger partial charge in [0.2, 0.25) is 0 Å². The molecule has 18 heavy (non-hydrogen) atoms. The zero-order chi connectivity index (χ0) is 13.0. The Balaban J connectivity index is 2.15. The van der Waals surface area contributed by atoms with E-state index in [0.29, 0.717) is 36.2 Å². The molecule has 1 aliphatic heterocycles. The number of benzene rings is 1. The molecule has 0 fully saturated rings. The average Bonchev–Trinajstić information content (AvgIpc) is 2.38. The molecule has 4 nitrogen and oxygen atoms in total. The van der Waals surface area contributed by atoms with Gasteiger partial charge in [-0.1, -0.05) is 6.07 Å². The number of hydrogen-bond acceptors (Lipinski definition) is 3. The Morgan fingerprint density at radius 2 is 2.22 bits per heavy atom. The van der Waals surface area contributed by atoms with Crippen molar-refractivity contribution < 1.29 is 14.3 Å². The molecule has 2 rings (SSSR count).